The normalized spacial score (nSPS) is 15.1. The van der Waals surface area contributed by atoms with Crippen molar-refractivity contribution in [2.24, 2.45) is 4.99 Å². The molecule has 1 saturated heterocycles. The maximum absolute atomic E-state index is 13.9. The van der Waals surface area contributed by atoms with Gasteiger partial charge in [-0.1, -0.05) is 17.3 Å². The molecule has 0 amide bonds. The number of rotatable bonds is 3. The lowest BCUT2D eigenvalue weighted by atomic mass is 10.2. The van der Waals surface area contributed by atoms with E-state index >= 15 is 0 Å². The van der Waals surface area contributed by atoms with Crippen molar-refractivity contribution in [1.82, 2.24) is 20.4 Å². The van der Waals surface area contributed by atoms with Gasteiger partial charge in [0.25, 0.3) is 0 Å². The molecule has 1 N–H and O–H groups in total. The number of benzene rings is 1. The van der Waals surface area contributed by atoms with Crippen LogP contribution in [0.4, 0.5) is 10.1 Å². The summed E-state index contributed by atoms with van der Waals surface area (Å²) in [6.45, 7) is 5.22. The van der Waals surface area contributed by atoms with E-state index in [4.69, 9.17) is 4.52 Å². The molecular weight excluding hydrogens is 438 g/mol. The summed E-state index contributed by atoms with van der Waals surface area (Å²) in [5.74, 6) is 1.74. The fourth-order valence-electron chi connectivity index (χ4n) is 2.77. The Labute approximate surface area is 163 Å². The predicted molar refractivity (Wildman–Crippen MR) is 105 cm³/mol. The summed E-state index contributed by atoms with van der Waals surface area (Å²) in [7, 11) is 1.74. The average Bonchev–Trinajstić information content (AvgIpc) is 3.02. The summed E-state index contributed by atoms with van der Waals surface area (Å²) >= 11 is 0. The summed E-state index contributed by atoms with van der Waals surface area (Å²) in [4.78, 5) is 12.7. The Morgan fingerprint density at radius 3 is 2.60 bits per heavy atom. The smallest absolute Gasteiger partial charge is 0.223 e. The van der Waals surface area contributed by atoms with Crippen LogP contribution in [-0.4, -0.2) is 54.2 Å². The van der Waals surface area contributed by atoms with Gasteiger partial charge in [0.2, 0.25) is 5.89 Å². The Balaban J connectivity index is 0.00000225. The number of nitrogens with zero attached hydrogens (tertiary/aromatic N) is 5. The molecule has 0 unspecified atom stereocenters. The number of guanidine groups is 1. The van der Waals surface area contributed by atoms with Crippen LogP contribution < -0.4 is 10.2 Å². The first-order valence-corrected chi connectivity index (χ1v) is 7.91. The number of nitrogens with one attached hydrogen (secondary N) is 1. The molecule has 1 fully saturated rings. The van der Waals surface area contributed by atoms with Gasteiger partial charge in [0.15, 0.2) is 11.8 Å². The van der Waals surface area contributed by atoms with Gasteiger partial charge in [-0.05, 0) is 12.1 Å². The minimum atomic E-state index is -0.180. The first-order chi connectivity index (χ1) is 11.7. The zero-order valence-corrected chi connectivity index (χ0v) is 16.6. The standard InChI is InChI=1S/C16H21FN6O.HI/c1-12-20-15(21-24-12)11-19-16(18-2)23-9-7-22(8-10-23)14-6-4-3-5-13(14)17;/h3-6H,7-11H2,1-2H3,(H,18,19);1H. The summed E-state index contributed by atoms with van der Waals surface area (Å²) in [6, 6.07) is 6.88. The van der Waals surface area contributed by atoms with Crippen LogP contribution in [0.5, 0.6) is 0 Å². The first kappa shape index (κ1) is 19.4. The van der Waals surface area contributed by atoms with E-state index in [-0.39, 0.29) is 29.8 Å². The molecule has 9 heteroatoms. The fraction of sp³-hybridized carbons (Fsp3) is 0.438. The molecule has 7 nitrogen and oxygen atoms in total. The molecule has 1 aliphatic rings. The molecule has 3 rings (SSSR count). The van der Waals surface area contributed by atoms with Crippen molar-refractivity contribution in [1.29, 1.82) is 0 Å². The molecular formula is C16H22FIN6O. The number of anilines is 1. The lowest BCUT2D eigenvalue weighted by Gasteiger charge is -2.37. The van der Waals surface area contributed by atoms with E-state index < -0.39 is 0 Å². The van der Waals surface area contributed by atoms with Crippen LogP contribution in [-0.2, 0) is 6.54 Å². The maximum Gasteiger partial charge on any atom is 0.223 e. The first-order valence-electron chi connectivity index (χ1n) is 7.91. The monoisotopic (exact) mass is 460 g/mol. The van der Waals surface area contributed by atoms with Crippen LogP contribution in [0, 0.1) is 12.7 Å². The maximum atomic E-state index is 13.9. The van der Waals surface area contributed by atoms with Crippen molar-refractivity contribution in [2.45, 2.75) is 13.5 Å². The SMILES string of the molecule is CN=C(NCc1noc(C)n1)N1CCN(c2ccccc2F)CC1.I. The van der Waals surface area contributed by atoms with Crippen molar-refractivity contribution < 1.29 is 8.91 Å². The van der Waals surface area contributed by atoms with Crippen molar-refractivity contribution in [2.75, 3.05) is 38.1 Å². The van der Waals surface area contributed by atoms with E-state index in [1.54, 1.807) is 20.0 Å². The second kappa shape index (κ2) is 8.97. The molecule has 0 atom stereocenters. The Hall–Kier alpha value is -1.91. The highest BCUT2D eigenvalue weighted by Crippen LogP contribution is 2.20. The highest BCUT2D eigenvalue weighted by atomic mass is 127. The van der Waals surface area contributed by atoms with Crippen molar-refractivity contribution in [3.8, 4) is 0 Å². The molecule has 0 bridgehead atoms. The summed E-state index contributed by atoms with van der Waals surface area (Å²) in [5.41, 5.74) is 0.655. The van der Waals surface area contributed by atoms with Crippen LogP contribution in [0.2, 0.25) is 0 Å². The van der Waals surface area contributed by atoms with Gasteiger partial charge < -0.3 is 19.6 Å². The number of para-hydroxylation sites is 1. The molecule has 136 valence electrons. The van der Waals surface area contributed by atoms with Crippen molar-refractivity contribution >= 4 is 35.6 Å². The van der Waals surface area contributed by atoms with E-state index in [0.717, 1.165) is 32.1 Å². The number of hydrogen-bond acceptors (Lipinski definition) is 5. The summed E-state index contributed by atoms with van der Waals surface area (Å²) in [5, 5.41) is 7.09. The Kier molecular flexibility index (Phi) is 6.97. The second-order valence-corrected chi connectivity index (χ2v) is 5.56. The van der Waals surface area contributed by atoms with Gasteiger partial charge in [-0.3, -0.25) is 4.99 Å². The minimum Gasteiger partial charge on any atom is -0.366 e. The third-order valence-corrected chi connectivity index (χ3v) is 3.96. The number of hydrogen-bond donors (Lipinski definition) is 1. The lowest BCUT2D eigenvalue weighted by Crippen LogP contribution is -2.52. The van der Waals surface area contributed by atoms with Gasteiger partial charge in [-0.15, -0.1) is 24.0 Å². The Bertz CT molecular complexity index is 714. The third kappa shape index (κ3) is 4.80. The van der Waals surface area contributed by atoms with Crippen LogP contribution in [0.3, 0.4) is 0 Å². The predicted octanol–water partition coefficient (Wildman–Crippen LogP) is 2.03. The van der Waals surface area contributed by atoms with Crippen LogP contribution in [0.15, 0.2) is 33.8 Å². The largest absolute Gasteiger partial charge is 0.366 e. The van der Waals surface area contributed by atoms with E-state index in [2.05, 4.69) is 30.2 Å². The summed E-state index contributed by atoms with van der Waals surface area (Å²) in [6.07, 6.45) is 0. The topological polar surface area (TPSA) is 69.8 Å². The fourth-order valence-corrected chi connectivity index (χ4v) is 2.77. The quantitative estimate of drug-likeness (QED) is 0.430. The molecule has 1 aliphatic heterocycles. The van der Waals surface area contributed by atoms with E-state index in [1.807, 2.05) is 12.1 Å². The Morgan fingerprint density at radius 1 is 1.28 bits per heavy atom. The van der Waals surface area contributed by atoms with Crippen LogP contribution >= 0.6 is 24.0 Å². The third-order valence-electron chi connectivity index (χ3n) is 3.96. The van der Waals surface area contributed by atoms with E-state index in [0.29, 0.717) is 23.9 Å². The van der Waals surface area contributed by atoms with Crippen LogP contribution in [0.1, 0.15) is 11.7 Å². The van der Waals surface area contributed by atoms with Gasteiger partial charge in [-0.25, -0.2) is 4.39 Å². The highest BCUT2D eigenvalue weighted by molar-refractivity contribution is 14.0. The minimum absolute atomic E-state index is 0. The number of aromatic nitrogens is 2. The molecule has 2 aromatic rings. The Morgan fingerprint density at radius 2 is 2.00 bits per heavy atom. The van der Waals surface area contributed by atoms with Gasteiger partial charge >= 0.3 is 0 Å². The second-order valence-electron chi connectivity index (χ2n) is 5.56. The number of aryl methyl sites for hydroxylation is 1. The van der Waals surface area contributed by atoms with E-state index in [1.165, 1.54) is 6.07 Å². The zero-order chi connectivity index (χ0) is 16.9. The molecule has 0 aliphatic carbocycles. The summed E-state index contributed by atoms with van der Waals surface area (Å²) < 4.78 is 18.8. The van der Waals surface area contributed by atoms with Crippen molar-refractivity contribution in [3.05, 3.63) is 41.8 Å². The van der Waals surface area contributed by atoms with Gasteiger partial charge in [0, 0.05) is 40.2 Å². The number of piperazine rings is 1. The van der Waals surface area contributed by atoms with Crippen molar-refractivity contribution in [3.63, 3.8) is 0 Å². The number of halogens is 2. The van der Waals surface area contributed by atoms with Gasteiger partial charge in [0.1, 0.15) is 5.82 Å². The van der Waals surface area contributed by atoms with Gasteiger partial charge in [0.05, 0.1) is 12.2 Å². The highest BCUT2D eigenvalue weighted by Gasteiger charge is 2.21. The zero-order valence-electron chi connectivity index (χ0n) is 14.3. The molecule has 1 aromatic heterocycles. The molecule has 0 spiro atoms. The van der Waals surface area contributed by atoms with E-state index in [9.17, 15) is 4.39 Å². The molecule has 1 aromatic carbocycles. The molecule has 0 saturated carbocycles. The molecule has 25 heavy (non-hydrogen) atoms. The lowest BCUT2D eigenvalue weighted by molar-refractivity contribution is 0.367. The molecule has 2 heterocycles. The number of aliphatic imine (C=N–C) groups is 1. The average molecular weight is 460 g/mol. The molecule has 0 radical (unpaired) electrons. The van der Waals surface area contributed by atoms with Gasteiger partial charge in [-0.2, -0.15) is 4.98 Å². The van der Waals surface area contributed by atoms with Crippen LogP contribution in [0.25, 0.3) is 0 Å².